The van der Waals surface area contributed by atoms with Crippen LogP contribution in [0.2, 0.25) is 0 Å². The van der Waals surface area contributed by atoms with Crippen molar-refractivity contribution in [2.24, 2.45) is 0 Å². The Morgan fingerprint density at radius 2 is 1.96 bits per heavy atom. The Hall–Kier alpha value is -2.08. The van der Waals surface area contributed by atoms with Gasteiger partial charge in [0.2, 0.25) is 5.91 Å². The molecule has 2 fully saturated rings. The number of aryl methyl sites for hydroxylation is 1. The van der Waals surface area contributed by atoms with Gasteiger partial charge < -0.3 is 19.3 Å². The minimum atomic E-state index is -0.268. The first-order valence-electron chi connectivity index (χ1n) is 8.98. The minimum absolute atomic E-state index is 0.0842. The summed E-state index contributed by atoms with van der Waals surface area (Å²) in [6.07, 6.45) is 2.69. The van der Waals surface area contributed by atoms with Gasteiger partial charge in [-0.1, -0.05) is 12.1 Å². The zero-order valence-electron chi connectivity index (χ0n) is 14.8. The maximum absolute atomic E-state index is 12.4. The van der Waals surface area contributed by atoms with Gasteiger partial charge >= 0.3 is 0 Å². The van der Waals surface area contributed by atoms with Crippen molar-refractivity contribution in [2.45, 2.75) is 31.8 Å². The van der Waals surface area contributed by atoms with E-state index < -0.39 is 0 Å². The van der Waals surface area contributed by atoms with Crippen molar-refractivity contribution in [3.05, 3.63) is 29.8 Å². The number of nitrogens with zero attached hydrogens (tertiary/aromatic N) is 2. The fourth-order valence-electron chi connectivity index (χ4n) is 3.39. The Kier molecular flexibility index (Phi) is 5.91. The monoisotopic (exact) mass is 346 g/mol. The molecular weight excluding hydrogens is 320 g/mol. The highest BCUT2D eigenvalue weighted by Crippen LogP contribution is 2.17. The quantitative estimate of drug-likeness (QED) is 0.810. The van der Waals surface area contributed by atoms with Crippen LogP contribution in [0.15, 0.2) is 24.3 Å². The lowest BCUT2D eigenvalue weighted by atomic mass is 10.1. The number of ether oxygens (including phenoxy) is 2. The molecule has 0 radical (unpaired) electrons. The van der Waals surface area contributed by atoms with Gasteiger partial charge in [0.25, 0.3) is 5.91 Å². The molecule has 1 unspecified atom stereocenters. The van der Waals surface area contributed by atoms with E-state index in [1.54, 1.807) is 7.11 Å². The van der Waals surface area contributed by atoms with Crippen LogP contribution in [0.1, 0.15) is 24.8 Å². The molecule has 2 heterocycles. The lowest BCUT2D eigenvalue weighted by molar-refractivity contribution is -0.146. The van der Waals surface area contributed by atoms with Crippen LogP contribution in [0.25, 0.3) is 0 Å². The van der Waals surface area contributed by atoms with Gasteiger partial charge in [0, 0.05) is 39.2 Å². The first-order chi connectivity index (χ1) is 12.2. The molecule has 1 aromatic carbocycles. The summed E-state index contributed by atoms with van der Waals surface area (Å²) in [5, 5.41) is 0. The number of hydrogen-bond acceptors (Lipinski definition) is 4. The molecule has 0 N–H and O–H groups in total. The van der Waals surface area contributed by atoms with E-state index in [2.05, 4.69) is 0 Å². The largest absolute Gasteiger partial charge is 0.497 e. The highest BCUT2D eigenvalue weighted by molar-refractivity contribution is 5.82. The van der Waals surface area contributed by atoms with Crippen molar-refractivity contribution >= 4 is 11.8 Å². The second-order valence-electron chi connectivity index (χ2n) is 6.56. The number of amides is 2. The molecule has 1 aromatic rings. The average molecular weight is 346 g/mol. The highest BCUT2D eigenvalue weighted by Gasteiger charge is 2.31. The molecule has 2 amide bonds. The zero-order chi connectivity index (χ0) is 17.6. The zero-order valence-corrected chi connectivity index (χ0v) is 14.8. The Balaban J connectivity index is 1.44. The van der Waals surface area contributed by atoms with Gasteiger partial charge in [-0.15, -0.1) is 0 Å². The van der Waals surface area contributed by atoms with Crippen LogP contribution >= 0.6 is 0 Å². The van der Waals surface area contributed by atoms with Gasteiger partial charge in [-0.25, -0.2) is 0 Å². The normalized spacial score (nSPS) is 20.6. The number of carbonyl (C=O) groups excluding carboxylic acids is 2. The third kappa shape index (κ3) is 4.51. The van der Waals surface area contributed by atoms with E-state index in [0.717, 1.165) is 24.2 Å². The first-order valence-corrected chi connectivity index (χ1v) is 8.98. The molecule has 2 aliphatic rings. The molecule has 2 aliphatic heterocycles. The van der Waals surface area contributed by atoms with Gasteiger partial charge in [0.05, 0.1) is 7.11 Å². The average Bonchev–Trinajstić information content (AvgIpc) is 3.20. The molecule has 25 heavy (non-hydrogen) atoms. The Bertz CT molecular complexity index is 605. The van der Waals surface area contributed by atoms with Crippen molar-refractivity contribution in [2.75, 3.05) is 39.9 Å². The molecule has 3 rings (SSSR count). The van der Waals surface area contributed by atoms with E-state index >= 15 is 0 Å². The van der Waals surface area contributed by atoms with Gasteiger partial charge in [-0.2, -0.15) is 0 Å². The molecular formula is C19H26N2O4. The van der Waals surface area contributed by atoms with Crippen molar-refractivity contribution < 1.29 is 19.1 Å². The Morgan fingerprint density at radius 3 is 2.64 bits per heavy atom. The summed E-state index contributed by atoms with van der Waals surface area (Å²) in [5.74, 6) is 1.04. The molecule has 2 saturated heterocycles. The summed E-state index contributed by atoms with van der Waals surface area (Å²) in [6, 6.07) is 7.81. The topological polar surface area (TPSA) is 59.1 Å². The predicted octanol–water partition coefficient (Wildman–Crippen LogP) is 1.48. The number of piperazine rings is 1. The molecule has 0 saturated carbocycles. The minimum Gasteiger partial charge on any atom is -0.497 e. The predicted molar refractivity (Wildman–Crippen MR) is 93.4 cm³/mol. The molecule has 6 nitrogen and oxygen atoms in total. The summed E-state index contributed by atoms with van der Waals surface area (Å²) in [4.78, 5) is 28.5. The summed E-state index contributed by atoms with van der Waals surface area (Å²) < 4.78 is 10.7. The lowest BCUT2D eigenvalue weighted by Gasteiger charge is -2.35. The van der Waals surface area contributed by atoms with Gasteiger partial charge in [0.15, 0.2) is 0 Å². The molecule has 136 valence electrons. The second kappa shape index (κ2) is 8.34. The van der Waals surface area contributed by atoms with Gasteiger partial charge in [-0.3, -0.25) is 9.59 Å². The summed E-state index contributed by atoms with van der Waals surface area (Å²) in [5.41, 5.74) is 1.10. The maximum Gasteiger partial charge on any atom is 0.251 e. The van der Waals surface area contributed by atoms with E-state index in [9.17, 15) is 9.59 Å². The smallest absolute Gasteiger partial charge is 0.251 e. The highest BCUT2D eigenvalue weighted by atomic mass is 16.5. The Morgan fingerprint density at radius 1 is 1.20 bits per heavy atom. The van der Waals surface area contributed by atoms with E-state index in [0.29, 0.717) is 45.6 Å². The van der Waals surface area contributed by atoms with Gasteiger partial charge in [0.1, 0.15) is 11.9 Å². The summed E-state index contributed by atoms with van der Waals surface area (Å²) >= 11 is 0. The molecule has 0 aliphatic carbocycles. The van der Waals surface area contributed by atoms with Crippen molar-refractivity contribution in [3.63, 3.8) is 0 Å². The van der Waals surface area contributed by atoms with E-state index in [1.807, 2.05) is 34.1 Å². The van der Waals surface area contributed by atoms with Crippen LogP contribution in [0, 0.1) is 0 Å². The third-order valence-corrected chi connectivity index (χ3v) is 4.91. The van der Waals surface area contributed by atoms with E-state index in [-0.39, 0.29) is 17.9 Å². The van der Waals surface area contributed by atoms with Crippen molar-refractivity contribution in [1.29, 1.82) is 0 Å². The van der Waals surface area contributed by atoms with Crippen LogP contribution in [-0.4, -0.2) is 67.6 Å². The first kappa shape index (κ1) is 17.7. The summed E-state index contributed by atoms with van der Waals surface area (Å²) in [6.45, 7) is 3.09. The fraction of sp³-hybridized carbons (Fsp3) is 0.579. The van der Waals surface area contributed by atoms with E-state index in [4.69, 9.17) is 9.47 Å². The molecule has 1 atom stereocenters. The number of carbonyl (C=O) groups is 2. The van der Waals surface area contributed by atoms with Crippen LogP contribution in [0.4, 0.5) is 0 Å². The van der Waals surface area contributed by atoms with Crippen molar-refractivity contribution in [3.8, 4) is 5.75 Å². The lowest BCUT2D eigenvalue weighted by Crippen LogP contribution is -2.52. The molecule has 0 spiro atoms. The van der Waals surface area contributed by atoms with Crippen molar-refractivity contribution in [1.82, 2.24) is 9.80 Å². The maximum atomic E-state index is 12.4. The molecule has 0 bridgehead atoms. The van der Waals surface area contributed by atoms with Crippen LogP contribution in [-0.2, 0) is 20.7 Å². The van der Waals surface area contributed by atoms with E-state index in [1.165, 1.54) is 0 Å². The van der Waals surface area contributed by atoms with Crippen LogP contribution < -0.4 is 4.74 Å². The summed E-state index contributed by atoms with van der Waals surface area (Å²) in [7, 11) is 1.64. The van der Waals surface area contributed by atoms with Crippen LogP contribution in [0.3, 0.4) is 0 Å². The number of hydrogen-bond donors (Lipinski definition) is 0. The molecule has 6 heteroatoms. The second-order valence-corrected chi connectivity index (χ2v) is 6.56. The fourth-order valence-corrected chi connectivity index (χ4v) is 3.39. The number of benzene rings is 1. The molecule has 0 aromatic heterocycles. The van der Waals surface area contributed by atoms with Gasteiger partial charge in [-0.05, 0) is 37.0 Å². The Labute approximate surface area is 148 Å². The van der Waals surface area contributed by atoms with Crippen LogP contribution in [0.5, 0.6) is 5.75 Å². The SMILES string of the molecule is COc1cccc(CCC(=O)N2CCN(C(=O)C3CCCO3)CC2)c1. The standard InChI is InChI=1S/C19H26N2O4/c1-24-16-5-2-4-15(14-16)7-8-18(22)20-9-11-21(12-10-20)19(23)17-6-3-13-25-17/h2,4-5,14,17H,3,6-13H2,1H3. The number of methoxy groups -OCH3 is 1. The number of rotatable bonds is 5. The third-order valence-electron chi connectivity index (χ3n) is 4.91.